The van der Waals surface area contributed by atoms with Gasteiger partial charge in [-0.1, -0.05) is 146 Å². The van der Waals surface area contributed by atoms with Crippen molar-refractivity contribution in [2.45, 2.75) is 0 Å². The number of para-hydroxylation sites is 4. The van der Waals surface area contributed by atoms with E-state index in [4.69, 9.17) is 20.7 Å². The van der Waals surface area contributed by atoms with Crippen LogP contribution in [-0.2, 0) is 0 Å². The van der Waals surface area contributed by atoms with Gasteiger partial charge in [0.2, 0.25) is 0 Å². The minimum absolute atomic E-state index is 0.550. The first-order valence-corrected chi connectivity index (χ1v) is 19.6. The maximum Gasteiger partial charge on any atom is 0.164 e. The van der Waals surface area contributed by atoms with Crippen LogP contribution in [0.5, 0.6) is 0 Å². The summed E-state index contributed by atoms with van der Waals surface area (Å²) in [6.45, 7) is 0. The van der Waals surface area contributed by atoms with Gasteiger partial charge in [-0.25, -0.2) is 15.0 Å². The summed E-state index contributed by atoms with van der Waals surface area (Å²) in [5.74, 6) is 5.07. The summed E-state index contributed by atoms with van der Waals surface area (Å²) in [5.41, 5.74) is 18.2. The Morgan fingerprint density at radius 3 is 1.29 bits per heavy atom. The largest absolute Gasteiger partial charge is 0.359 e. The smallest absolute Gasteiger partial charge is 0.164 e. The highest BCUT2D eigenvalue weighted by Gasteiger charge is 2.25. The second-order valence-corrected chi connectivity index (χ2v) is 14.5. The van der Waals surface area contributed by atoms with Crippen molar-refractivity contribution < 1.29 is 0 Å². The van der Waals surface area contributed by atoms with Crippen molar-refractivity contribution in [2.24, 2.45) is 5.73 Å². The number of fused-ring (bicyclic) bond motifs is 6. The molecule has 0 bridgehead atoms. The Morgan fingerprint density at radius 1 is 0.390 bits per heavy atom. The highest BCUT2D eigenvalue weighted by molar-refractivity contribution is 6.28. The maximum atomic E-state index is 6.15. The number of hydrogen-bond donors (Lipinski definition) is 1. The average molecular weight is 755 g/mol. The summed E-state index contributed by atoms with van der Waals surface area (Å²) in [6, 6.07) is 70.0. The second-order valence-electron chi connectivity index (χ2n) is 14.5. The van der Waals surface area contributed by atoms with Crippen LogP contribution in [0, 0.1) is 12.0 Å². The molecular weight excluding hydrogens is 721 g/mol. The molecule has 0 saturated carbocycles. The minimum atomic E-state index is 0.550. The van der Waals surface area contributed by atoms with Gasteiger partial charge in [0.15, 0.2) is 17.5 Å². The summed E-state index contributed by atoms with van der Waals surface area (Å²) >= 11 is 0. The predicted molar refractivity (Wildman–Crippen MR) is 241 cm³/mol. The average Bonchev–Trinajstić information content (AvgIpc) is 3.82. The molecule has 0 aliphatic heterocycles. The number of nitrogens with zero attached hydrogens (tertiary/aromatic N) is 5. The highest BCUT2D eigenvalue weighted by Crippen LogP contribution is 2.48. The molecule has 59 heavy (non-hydrogen) atoms. The van der Waals surface area contributed by atoms with Gasteiger partial charge in [-0.05, 0) is 60.0 Å². The van der Waals surface area contributed by atoms with Crippen molar-refractivity contribution >= 4 is 43.6 Å². The highest BCUT2D eigenvalue weighted by atomic mass is 15.0. The van der Waals surface area contributed by atoms with E-state index in [0.717, 1.165) is 88.4 Å². The van der Waals surface area contributed by atoms with E-state index in [9.17, 15) is 0 Å². The topological polar surface area (TPSA) is 74.6 Å². The number of nitrogens with two attached hydrogens (primary N) is 1. The van der Waals surface area contributed by atoms with Crippen LogP contribution in [0.2, 0.25) is 0 Å². The van der Waals surface area contributed by atoms with Crippen molar-refractivity contribution in [3.63, 3.8) is 0 Å². The number of hydrogen-bond acceptors (Lipinski definition) is 4. The van der Waals surface area contributed by atoms with Crippen molar-refractivity contribution in [3.05, 3.63) is 200 Å². The van der Waals surface area contributed by atoms with E-state index in [1.807, 2.05) is 60.7 Å². The quantitative estimate of drug-likeness (QED) is 0.135. The Morgan fingerprint density at radius 2 is 0.814 bits per heavy atom. The fourth-order valence-corrected chi connectivity index (χ4v) is 8.57. The zero-order chi connectivity index (χ0) is 39.3. The summed E-state index contributed by atoms with van der Waals surface area (Å²) in [4.78, 5) is 15.0. The molecule has 0 aliphatic carbocycles. The SMILES string of the molecule is NC#Cc1cc(-c2nc(-c3ccccc3)nc(-c3ccccc3)n2)ccc1-c1c2c3ccccc3n(-c3ccccc3)c2cc2c1c1ccccc1n2-c1ccccc1. The van der Waals surface area contributed by atoms with Gasteiger partial charge in [0.1, 0.15) is 0 Å². The lowest BCUT2D eigenvalue weighted by molar-refractivity contribution is 1.07. The molecule has 0 unspecified atom stereocenters. The molecule has 6 heteroatoms. The molecule has 3 aromatic heterocycles. The molecule has 11 rings (SSSR count). The Balaban J connectivity index is 1.25. The van der Waals surface area contributed by atoms with Crippen molar-refractivity contribution in [1.29, 1.82) is 0 Å². The number of benzene rings is 8. The molecule has 3 heterocycles. The fourth-order valence-electron chi connectivity index (χ4n) is 8.57. The summed E-state index contributed by atoms with van der Waals surface area (Å²) < 4.78 is 4.76. The van der Waals surface area contributed by atoms with E-state index >= 15 is 0 Å². The first-order chi connectivity index (χ1) is 29.2. The summed E-state index contributed by atoms with van der Waals surface area (Å²) in [6.07, 6.45) is 0. The summed E-state index contributed by atoms with van der Waals surface area (Å²) in [5, 5.41) is 4.57. The van der Waals surface area contributed by atoms with Gasteiger partial charge in [0.25, 0.3) is 0 Å². The molecule has 0 atom stereocenters. The third kappa shape index (κ3) is 5.64. The lowest BCUT2D eigenvalue weighted by Gasteiger charge is -2.15. The van der Waals surface area contributed by atoms with E-state index in [1.54, 1.807) is 0 Å². The molecule has 2 N–H and O–H groups in total. The molecule has 276 valence electrons. The molecule has 0 spiro atoms. The molecule has 0 saturated heterocycles. The normalized spacial score (nSPS) is 11.3. The van der Waals surface area contributed by atoms with Crippen LogP contribution < -0.4 is 5.73 Å². The second kappa shape index (κ2) is 14.0. The van der Waals surface area contributed by atoms with Gasteiger partial charge >= 0.3 is 0 Å². The van der Waals surface area contributed by atoms with E-state index in [1.165, 1.54) is 0 Å². The number of aromatic nitrogens is 5. The van der Waals surface area contributed by atoms with Crippen molar-refractivity contribution in [1.82, 2.24) is 24.1 Å². The van der Waals surface area contributed by atoms with Crippen LogP contribution in [0.15, 0.2) is 194 Å². The van der Waals surface area contributed by atoms with E-state index in [2.05, 4.69) is 155 Å². The van der Waals surface area contributed by atoms with Crippen LogP contribution in [0.3, 0.4) is 0 Å². The molecule has 0 aliphatic rings. The summed E-state index contributed by atoms with van der Waals surface area (Å²) in [7, 11) is 0. The van der Waals surface area contributed by atoms with Crippen molar-refractivity contribution in [2.75, 3.05) is 0 Å². The predicted octanol–water partition coefficient (Wildman–Crippen LogP) is 12.0. The molecule has 0 amide bonds. The maximum absolute atomic E-state index is 6.15. The zero-order valence-electron chi connectivity index (χ0n) is 31.8. The lowest BCUT2D eigenvalue weighted by Crippen LogP contribution is -2.01. The molecule has 11 aromatic rings. The monoisotopic (exact) mass is 754 g/mol. The van der Waals surface area contributed by atoms with E-state index in [0.29, 0.717) is 17.5 Å². The Kier molecular flexibility index (Phi) is 8.09. The Hall–Kier alpha value is -8.27. The van der Waals surface area contributed by atoms with Gasteiger partial charge in [0, 0.05) is 66.8 Å². The van der Waals surface area contributed by atoms with Gasteiger partial charge in [-0.15, -0.1) is 0 Å². The standard InChI is InChI=1S/C53H34N6/c54-32-31-37-33-38(53-56-51(35-17-5-1-6-18-35)55-52(57-53)36-19-7-2-8-20-36)29-30-41(37)50-48-42-25-13-15-27-44(42)58(39-21-9-3-10-22-39)46(48)34-47-49(50)43-26-14-16-28-45(43)59(47)40-23-11-4-12-24-40/h1-30,33-34H,54H2. The van der Waals surface area contributed by atoms with E-state index < -0.39 is 0 Å². The Labute approximate surface area is 340 Å². The minimum Gasteiger partial charge on any atom is -0.359 e. The van der Waals surface area contributed by atoms with Crippen LogP contribution in [0.1, 0.15) is 5.56 Å². The van der Waals surface area contributed by atoms with Gasteiger partial charge in [-0.2, -0.15) is 0 Å². The molecule has 6 nitrogen and oxygen atoms in total. The van der Waals surface area contributed by atoms with Crippen molar-refractivity contribution in [3.8, 4) is 68.6 Å². The first kappa shape index (κ1) is 34.0. The fraction of sp³-hybridized carbons (Fsp3) is 0. The molecule has 8 aromatic carbocycles. The third-order valence-electron chi connectivity index (χ3n) is 11.1. The van der Waals surface area contributed by atoms with E-state index in [-0.39, 0.29) is 0 Å². The molecule has 0 fully saturated rings. The van der Waals surface area contributed by atoms with Crippen LogP contribution >= 0.6 is 0 Å². The van der Waals surface area contributed by atoms with Crippen LogP contribution in [0.4, 0.5) is 0 Å². The number of rotatable bonds is 6. The first-order valence-electron chi connectivity index (χ1n) is 19.6. The third-order valence-corrected chi connectivity index (χ3v) is 11.1. The van der Waals surface area contributed by atoms with Gasteiger partial charge < -0.3 is 14.9 Å². The molecular formula is C53H34N6. The Bertz CT molecular complexity index is 3240. The van der Waals surface area contributed by atoms with Crippen LogP contribution in [0.25, 0.3) is 100 Å². The van der Waals surface area contributed by atoms with Gasteiger partial charge in [0.05, 0.1) is 22.1 Å². The lowest BCUT2D eigenvalue weighted by atomic mass is 9.90. The van der Waals surface area contributed by atoms with Crippen LogP contribution in [-0.4, -0.2) is 24.1 Å². The molecule has 0 radical (unpaired) electrons. The zero-order valence-corrected chi connectivity index (χ0v) is 31.8. The van der Waals surface area contributed by atoms with Gasteiger partial charge in [-0.3, -0.25) is 0 Å².